The van der Waals surface area contributed by atoms with Gasteiger partial charge < -0.3 is 19.3 Å². The molecule has 3 aliphatic rings. The van der Waals surface area contributed by atoms with Crippen molar-refractivity contribution in [1.29, 1.82) is 0 Å². The Kier molecular flexibility index (Phi) is 6.72. The molecule has 0 aromatic carbocycles. The van der Waals surface area contributed by atoms with Crippen molar-refractivity contribution in [2.45, 2.75) is 38.6 Å². The smallest absolute Gasteiger partial charge is 0.311 e. The Balaban J connectivity index is 1.38. The van der Waals surface area contributed by atoms with Crippen LogP contribution >= 0.6 is 0 Å². The average Bonchev–Trinajstić information content (AvgIpc) is 2.64. The first-order chi connectivity index (χ1) is 12.1. The Bertz CT molecular complexity index is 424. The maximum atomic E-state index is 12.6. The van der Waals surface area contributed by atoms with Crippen molar-refractivity contribution in [2.75, 3.05) is 72.7 Å². The summed E-state index contributed by atoms with van der Waals surface area (Å²) in [5.41, 5.74) is -0.299. The zero-order valence-electron chi connectivity index (χ0n) is 16.0. The number of morpholine rings is 1. The fraction of sp³-hybridized carbons (Fsp3) is 0.947. The summed E-state index contributed by atoms with van der Waals surface area (Å²) < 4.78 is 11.0. The van der Waals surface area contributed by atoms with E-state index in [2.05, 4.69) is 28.7 Å². The molecule has 0 saturated carbocycles. The van der Waals surface area contributed by atoms with E-state index in [1.54, 1.807) is 0 Å². The minimum absolute atomic E-state index is 0.00351. The third-order valence-electron chi connectivity index (χ3n) is 6.34. The topological polar surface area (TPSA) is 45.2 Å². The van der Waals surface area contributed by atoms with Crippen LogP contribution < -0.4 is 0 Å². The van der Waals surface area contributed by atoms with Gasteiger partial charge in [-0.15, -0.1) is 0 Å². The first kappa shape index (κ1) is 19.1. The molecule has 0 unspecified atom stereocenters. The van der Waals surface area contributed by atoms with Crippen molar-refractivity contribution in [3.05, 3.63) is 0 Å². The Hall–Kier alpha value is -0.690. The van der Waals surface area contributed by atoms with Crippen LogP contribution in [0, 0.1) is 5.41 Å². The Morgan fingerprint density at radius 3 is 2.36 bits per heavy atom. The number of esters is 1. The van der Waals surface area contributed by atoms with E-state index in [1.165, 1.54) is 25.9 Å². The third-order valence-corrected chi connectivity index (χ3v) is 6.34. The van der Waals surface area contributed by atoms with Crippen molar-refractivity contribution in [1.82, 2.24) is 14.7 Å². The molecule has 3 saturated heterocycles. The van der Waals surface area contributed by atoms with E-state index in [4.69, 9.17) is 9.47 Å². The molecule has 0 aliphatic carbocycles. The molecule has 0 bridgehead atoms. The standard InChI is InChI=1S/C19H35N3O3/c1-19(18(23)25-16-13-21-11-14-24-15-12-21)5-9-22(10-6-19)17-3-7-20(2)8-4-17/h17H,3-16H2,1-2H3. The summed E-state index contributed by atoms with van der Waals surface area (Å²) in [7, 11) is 2.20. The number of ether oxygens (including phenoxy) is 2. The van der Waals surface area contributed by atoms with Crippen LogP contribution in [0.1, 0.15) is 32.6 Å². The summed E-state index contributed by atoms with van der Waals surface area (Å²) in [6, 6.07) is 0.707. The molecule has 0 aromatic rings. The molecule has 0 aromatic heterocycles. The summed E-state index contributed by atoms with van der Waals surface area (Å²) in [5, 5.41) is 0. The molecule has 0 amide bonds. The Labute approximate surface area is 152 Å². The van der Waals surface area contributed by atoms with Gasteiger partial charge in [0.1, 0.15) is 6.61 Å². The van der Waals surface area contributed by atoms with Crippen LogP contribution in [-0.4, -0.2) is 99.4 Å². The maximum absolute atomic E-state index is 12.6. The van der Waals surface area contributed by atoms with Crippen LogP contribution in [-0.2, 0) is 14.3 Å². The number of piperidine rings is 2. The fourth-order valence-corrected chi connectivity index (χ4v) is 4.21. The van der Waals surface area contributed by atoms with Gasteiger partial charge in [-0.2, -0.15) is 0 Å². The molecule has 6 heteroatoms. The van der Waals surface area contributed by atoms with E-state index < -0.39 is 0 Å². The number of hydrogen-bond acceptors (Lipinski definition) is 6. The lowest BCUT2D eigenvalue weighted by molar-refractivity contribution is -0.159. The predicted molar refractivity (Wildman–Crippen MR) is 97.7 cm³/mol. The van der Waals surface area contributed by atoms with Crippen LogP contribution in [0.15, 0.2) is 0 Å². The third kappa shape index (κ3) is 5.16. The minimum Gasteiger partial charge on any atom is -0.464 e. The zero-order valence-corrected chi connectivity index (χ0v) is 16.0. The highest BCUT2D eigenvalue weighted by Gasteiger charge is 2.40. The summed E-state index contributed by atoms with van der Waals surface area (Å²) >= 11 is 0. The number of carbonyl (C=O) groups excluding carboxylic acids is 1. The summed E-state index contributed by atoms with van der Waals surface area (Å²) in [6.07, 6.45) is 4.37. The second kappa shape index (κ2) is 8.80. The molecule has 3 aliphatic heterocycles. The van der Waals surface area contributed by atoms with Gasteiger partial charge in [-0.25, -0.2) is 0 Å². The van der Waals surface area contributed by atoms with E-state index in [1.807, 2.05) is 0 Å². The highest BCUT2D eigenvalue weighted by molar-refractivity contribution is 5.76. The lowest BCUT2D eigenvalue weighted by Gasteiger charge is -2.43. The minimum atomic E-state index is -0.299. The van der Waals surface area contributed by atoms with Crippen LogP contribution in [0.3, 0.4) is 0 Å². The molecule has 3 heterocycles. The Morgan fingerprint density at radius 1 is 1.08 bits per heavy atom. The van der Waals surface area contributed by atoms with E-state index in [0.29, 0.717) is 12.6 Å². The Morgan fingerprint density at radius 2 is 1.72 bits per heavy atom. The molecule has 6 nitrogen and oxygen atoms in total. The van der Waals surface area contributed by atoms with Crippen LogP contribution in [0.2, 0.25) is 0 Å². The van der Waals surface area contributed by atoms with Gasteiger partial charge in [0.05, 0.1) is 18.6 Å². The van der Waals surface area contributed by atoms with Gasteiger partial charge in [-0.05, 0) is 65.8 Å². The van der Waals surface area contributed by atoms with Crippen molar-refractivity contribution in [2.24, 2.45) is 5.41 Å². The largest absolute Gasteiger partial charge is 0.464 e. The fourth-order valence-electron chi connectivity index (χ4n) is 4.21. The summed E-state index contributed by atoms with van der Waals surface area (Å²) in [4.78, 5) is 19.9. The summed E-state index contributed by atoms with van der Waals surface area (Å²) in [6.45, 7) is 11.4. The number of nitrogens with zero attached hydrogens (tertiary/aromatic N) is 3. The van der Waals surface area contributed by atoms with E-state index in [0.717, 1.165) is 58.8 Å². The maximum Gasteiger partial charge on any atom is 0.311 e. The quantitative estimate of drug-likeness (QED) is 0.689. The number of hydrogen-bond donors (Lipinski definition) is 0. The second-order valence-corrected chi connectivity index (χ2v) is 8.22. The first-order valence-electron chi connectivity index (χ1n) is 9.97. The van der Waals surface area contributed by atoms with Crippen LogP contribution in [0.4, 0.5) is 0 Å². The predicted octanol–water partition coefficient (Wildman–Crippen LogP) is 1.06. The lowest BCUT2D eigenvalue weighted by Crippen LogP contribution is -2.50. The summed E-state index contributed by atoms with van der Waals surface area (Å²) in [5.74, 6) is 0.00351. The average molecular weight is 354 g/mol. The van der Waals surface area contributed by atoms with Gasteiger partial charge in [0, 0.05) is 25.7 Å². The van der Waals surface area contributed by atoms with Crippen molar-refractivity contribution in [3.63, 3.8) is 0 Å². The monoisotopic (exact) mass is 353 g/mol. The number of rotatable bonds is 5. The van der Waals surface area contributed by atoms with Gasteiger partial charge in [-0.1, -0.05) is 0 Å². The van der Waals surface area contributed by atoms with Crippen LogP contribution in [0.5, 0.6) is 0 Å². The second-order valence-electron chi connectivity index (χ2n) is 8.22. The van der Waals surface area contributed by atoms with E-state index in [9.17, 15) is 4.79 Å². The highest BCUT2D eigenvalue weighted by Crippen LogP contribution is 2.34. The molecular formula is C19H35N3O3. The van der Waals surface area contributed by atoms with E-state index >= 15 is 0 Å². The van der Waals surface area contributed by atoms with Gasteiger partial charge in [0.15, 0.2) is 0 Å². The normalized spacial score (nSPS) is 27.3. The lowest BCUT2D eigenvalue weighted by atomic mass is 9.79. The first-order valence-corrected chi connectivity index (χ1v) is 9.97. The molecule has 25 heavy (non-hydrogen) atoms. The number of likely N-dealkylation sites (tertiary alicyclic amines) is 2. The van der Waals surface area contributed by atoms with Gasteiger partial charge in [0.25, 0.3) is 0 Å². The molecule has 0 radical (unpaired) electrons. The van der Waals surface area contributed by atoms with Crippen molar-refractivity contribution in [3.8, 4) is 0 Å². The molecule has 3 rings (SSSR count). The van der Waals surface area contributed by atoms with Gasteiger partial charge >= 0.3 is 5.97 Å². The molecule has 144 valence electrons. The molecular weight excluding hydrogens is 318 g/mol. The molecule has 3 fully saturated rings. The van der Waals surface area contributed by atoms with Gasteiger partial charge in [-0.3, -0.25) is 9.69 Å². The van der Waals surface area contributed by atoms with Crippen molar-refractivity contribution < 1.29 is 14.3 Å². The zero-order chi connectivity index (χ0) is 17.7. The highest BCUT2D eigenvalue weighted by atomic mass is 16.5. The molecule has 0 spiro atoms. The van der Waals surface area contributed by atoms with Crippen molar-refractivity contribution >= 4 is 5.97 Å². The van der Waals surface area contributed by atoms with E-state index in [-0.39, 0.29) is 11.4 Å². The van der Waals surface area contributed by atoms with Gasteiger partial charge in [0.2, 0.25) is 0 Å². The SMILES string of the molecule is CN1CCC(N2CCC(C)(C(=O)OCCN3CCOCC3)CC2)CC1. The molecule has 0 atom stereocenters. The molecule has 0 N–H and O–H groups in total. The number of carbonyl (C=O) groups is 1. The van der Waals surface area contributed by atoms with Crippen LogP contribution in [0.25, 0.3) is 0 Å².